The van der Waals surface area contributed by atoms with Crippen LogP contribution in [-0.4, -0.2) is 23.9 Å². The van der Waals surface area contributed by atoms with Gasteiger partial charge in [-0.05, 0) is 6.07 Å². The van der Waals surface area contributed by atoms with Crippen molar-refractivity contribution in [3.8, 4) is 5.75 Å². The van der Waals surface area contributed by atoms with Gasteiger partial charge in [0.2, 0.25) is 0 Å². The van der Waals surface area contributed by atoms with Gasteiger partial charge in [-0.15, -0.1) is 5.46 Å². The molecule has 0 radical (unpaired) electrons. The van der Waals surface area contributed by atoms with Gasteiger partial charge in [0.25, 0.3) is 0 Å². The topological polar surface area (TPSA) is 27.1 Å². The molecule has 1 heterocycles. The van der Waals surface area contributed by atoms with Crippen molar-refractivity contribution >= 4 is 23.3 Å². The molecule has 0 spiro atoms. The van der Waals surface area contributed by atoms with Crippen LogP contribution in [0.3, 0.4) is 0 Å². The zero-order valence-corrected chi connectivity index (χ0v) is 12.9. The molecule has 17 heavy (non-hydrogen) atoms. The smallest absolute Gasteiger partial charge is 0.495 e. The molecule has 2 rings (SSSR count). The van der Waals surface area contributed by atoms with Gasteiger partial charge in [0.15, 0.2) is 0 Å². The molecule has 1 aromatic heterocycles. The summed E-state index contributed by atoms with van der Waals surface area (Å²) in [5.41, 5.74) is -0.230. The molecule has 0 saturated heterocycles. The summed E-state index contributed by atoms with van der Waals surface area (Å²) in [6, 6.07) is 2.07. The first-order valence-corrected chi connectivity index (χ1v) is 4.63. The molecule has 0 N–H and O–H groups in total. The van der Waals surface area contributed by atoms with E-state index < -0.39 is 12.4 Å². The van der Waals surface area contributed by atoms with Crippen LogP contribution in [0.15, 0.2) is 18.3 Å². The largest absolute Gasteiger partial charge is 1.00 e. The third kappa shape index (κ3) is 3.05. The normalized spacial score (nSPS) is 11.4. The number of methoxy groups -OCH3 is 1. The van der Waals surface area contributed by atoms with Crippen LogP contribution in [0.2, 0.25) is 0 Å². The van der Waals surface area contributed by atoms with Crippen molar-refractivity contribution in [3.63, 3.8) is 0 Å². The maximum atomic E-state index is 12.6. The van der Waals surface area contributed by atoms with Crippen molar-refractivity contribution in [3.05, 3.63) is 18.3 Å². The molecule has 0 saturated carbocycles. The number of ether oxygens (including phenoxy) is 1. The monoisotopic (exact) mass is 268 g/mol. The van der Waals surface area contributed by atoms with E-state index in [0.29, 0.717) is 10.9 Å². The molecular weight excluding hydrogens is 259 g/mol. The Morgan fingerprint density at radius 2 is 1.94 bits per heavy atom. The number of aromatic nitrogens is 2. The van der Waals surface area contributed by atoms with Crippen LogP contribution in [0.1, 0.15) is 0 Å². The van der Waals surface area contributed by atoms with Crippen molar-refractivity contribution in [1.82, 2.24) is 9.78 Å². The average molecular weight is 268 g/mol. The Kier molecular flexibility index (Phi) is 4.70. The Morgan fingerprint density at radius 1 is 1.29 bits per heavy atom. The molecule has 0 fully saturated rings. The number of nitrogens with zero attached hydrogens (tertiary/aromatic N) is 2. The Hall–Kier alpha value is -0.0187. The molecule has 0 unspecified atom stereocenters. The van der Waals surface area contributed by atoms with Gasteiger partial charge in [0.05, 0.1) is 7.11 Å². The Balaban J connectivity index is 0.00000144. The number of benzene rings is 1. The summed E-state index contributed by atoms with van der Waals surface area (Å²) in [6.45, 7) is -5.02. The zero-order chi connectivity index (χ0) is 11.9. The molecule has 3 nitrogen and oxygen atoms in total. The fourth-order valence-electron chi connectivity index (χ4n) is 1.59. The van der Waals surface area contributed by atoms with Gasteiger partial charge in [-0.2, -0.15) is 5.10 Å². The van der Waals surface area contributed by atoms with E-state index >= 15 is 0 Å². The molecule has 0 aliphatic carbocycles. The van der Waals surface area contributed by atoms with E-state index in [4.69, 9.17) is 4.74 Å². The summed E-state index contributed by atoms with van der Waals surface area (Å²) in [7, 11) is 2.98. The molecule has 0 aliphatic rings. The first kappa shape index (κ1) is 15.0. The molecule has 0 atom stereocenters. The van der Waals surface area contributed by atoms with Crippen molar-refractivity contribution in [2.24, 2.45) is 7.05 Å². The second kappa shape index (κ2) is 5.31. The molecule has 0 bridgehead atoms. The zero-order valence-electron chi connectivity index (χ0n) is 9.75. The fourth-order valence-corrected chi connectivity index (χ4v) is 1.59. The van der Waals surface area contributed by atoms with Crippen LogP contribution in [-0.2, 0) is 7.05 Å². The van der Waals surface area contributed by atoms with Crippen molar-refractivity contribution in [1.29, 1.82) is 0 Å². The van der Waals surface area contributed by atoms with Gasteiger partial charge < -0.3 is 17.7 Å². The van der Waals surface area contributed by atoms with E-state index in [1.54, 1.807) is 7.05 Å². The minimum atomic E-state index is -5.02. The number of hydrogen-bond donors (Lipinski definition) is 0. The number of aryl methyl sites for hydroxylation is 1. The number of hydrogen-bond acceptors (Lipinski definition) is 2. The van der Waals surface area contributed by atoms with Gasteiger partial charge in [-0.25, -0.2) is 0 Å². The maximum Gasteiger partial charge on any atom is 1.00 e. The molecule has 2 aromatic rings. The van der Waals surface area contributed by atoms with E-state index in [2.05, 4.69) is 5.10 Å². The van der Waals surface area contributed by atoms with Crippen LogP contribution < -0.4 is 61.6 Å². The molecule has 0 aliphatic heterocycles. The van der Waals surface area contributed by atoms with E-state index in [-0.39, 0.29) is 57.1 Å². The number of fused-ring (bicyclic) bond motifs is 1. The first-order chi connectivity index (χ1) is 7.41. The predicted molar refractivity (Wildman–Crippen MR) is 56.0 cm³/mol. The van der Waals surface area contributed by atoms with E-state index in [9.17, 15) is 12.9 Å². The van der Waals surface area contributed by atoms with Crippen LogP contribution in [0, 0.1) is 0 Å². The minimum Gasteiger partial charge on any atom is -0.495 e. The molecule has 0 amide bonds. The standard InChI is InChI=1S/C9H9BF3N2O.K/c1-15-5-6-3-7(10(11,12)13)4-8(16-2)9(6)14-15;/h3-5H,1-2H3;/q-1;+1. The summed E-state index contributed by atoms with van der Waals surface area (Å²) < 4.78 is 44.2. The second-order valence-corrected chi connectivity index (χ2v) is 3.54. The van der Waals surface area contributed by atoms with Crippen molar-refractivity contribution in [2.45, 2.75) is 0 Å². The van der Waals surface area contributed by atoms with Gasteiger partial charge in [0, 0.05) is 18.6 Å². The molecular formula is C9H9BF3KN2O. The van der Waals surface area contributed by atoms with Crippen molar-refractivity contribution in [2.75, 3.05) is 7.11 Å². The molecule has 8 heteroatoms. The Labute approximate surface area is 139 Å². The van der Waals surface area contributed by atoms with E-state index in [0.717, 1.165) is 12.1 Å². The van der Waals surface area contributed by atoms with Gasteiger partial charge >= 0.3 is 58.4 Å². The second-order valence-electron chi connectivity index (χ2n) is 3.54. The van der Waals surface area contributed by atoms with Crippen LogP contribution in [0.25, 0.3) is 10.9 Å². The summed E-state index contributed by atoms with van der Waals surface area (Å²) in [4.78, 5) is 0. The Bertz CT molecular complexity index is 541. The van der Waals surface area contributed by atoms with E-state index in [1.807, 2.05) is 0 Å². The number of rotatable bonds is 2. The number of halogens is 3. The predicted octanol–water partition coefficient (Wildman–Crippen LogP) is -1.36. The van der Waals surface area contributed by atoms with Crippen LogP contribution in [0.5, 0.6) is 5.75 Å². The fraction of sp³-hybridized carbons (Fsp3) is 0.222. The minimum absolute atomic E-state index is 0. The third-order valence-electron chi connectivity index (χ3n) is 2.31. The van der Waals surface area contributed by atoms with Crippen LogP contribution in [0.4, 0.5) is 12.9 Å². The van der Waals surface area contributed by atoms with Gasteiger partial charge in [0.1, 0.15) is 11.3 Å². The SMILES string of the molecule is COc1cc([B-](F)(F)F)cc2cn(C)nc12.[K+]. The summed E-state index contributed by atoms with van der Waals surface area (Å²) >= 11 is 0. The van der Waals surface area contributed by atoms with Crippen LogP contribution >= 0.6 is 0 Å². The molecule has 86 valence electrons. The average Bonchev–Trinajstić information content (AvgIpc) is 2.54. The Morgan fingerprint density at radius 3 is 2.47 bits per heavy atom. The summed E-state index contributed by atoms with van der Waals surface area (Å²) in [5, 5.41) is 4.47. The van der Waals surface area contributed by atoms with Gasteiger partial charge in [-0.1, -0.05) is 6.07 Å². The molecule has 1 aromatic carbocycles. The summed E-state index contributed by atoms with van der Waals surface area (Å²) in [6.07, 6.45) is 1.53. The first-order valence-electron chi connectivity index (χ1n) is 4.63. The maximum absolute atomic E-state index is 12.6. The van der Waals surface area contributed by atoms with Crippen molar-refractivity contribution < 1.29 is 69.1 Å². The van der Waals surface area contributed by atoms with Gasteiger partial charge in [-0.3, -0.25) is 4.68 Å². The summed E-state index contributed by atoms with van der Waals surface area (Å²) in [5.74, 6) is 0.146. The third-order valence-corrected chi connectivity index (χ3v) is 2.31. The van der Waals surface area contributed by atoms with E-state index in [1.165, 1.54) is 18.0 Å². The quantitative estimate of drug-likeness (QED) is 0.629.